The third-order valence-electron chi connectivity index (χ3n) is 1.01. The zero-order chi connectivity index (χ0) is 10.6. The molecule has 0 unspecified atom stereocenters. The summed E-state index contributed by atoms with van der Waals surface area (Å²) in [6.07, 6.45) is -0.522. The monoisotopic (exact) mass is 204 g/mol. The molecule has 0 bridgehead atoms. The molecule has 0 spiro atoms. The van der Waals surface area contributed by atoms with Gasteiger partial charge in [-0.3, -0.25) is 5.32 Å². The van der Waals surface area contributed by atoms with Crippen LogP contribution in [0.5, 0.6) is 0 Å². The van der Waals surface area contributed by atoms with E-state index in [4.69, 9.17) is 17.0 Å². The number of carbonyl (C=O) groups is 1. The SMILES string of the molecule is CN(C)C(=S)NC(=O)OC(C)(C)C. The van der Waals surface area contributed by atoms with Gasteiger partial charge in [-0.05, 0) is 33.0 Å². The largest absolute Gasteiger partial charge is 0.444 e. The van der Waals surface area contributed by atoms with Crippen LogP contribution in [0, 0.1) is 0 Å². The minimum atomic E-state index is -0.522. The Balaban J connectivity index is 3.96. The third kappa shape index (κ3) is 6.33. The van der Waals surface area contributed by atoms with E-state index in [2.05, 4.69) is 5.32 Å². The quantitative estimate of drug-likeness (QED) is 0.605. The van der Waals surface area contributed by atoms with E-state index < -0.39 is 11.7 Å². The molecule has 1 N–H and O–H groups in total. The first-order valence-electron chi connectivity index (χ1n) is 3.93. The average Bonchev–Trinajstić information content (AvgIpc) is 1.81. The minimum absolute atomic E-state index is 0.342. The lowest BCUT2D eigenvalue weighted by molar-refractivity contribution is 0.0559. The number of rotatable bonds is 0. The Hall–Kier alpha value is -0.840. The highest BCUT2D eigenvalue weighted by Crippen LogP contribution is 2.06. The van der Waals surface area contributed by atoms with Gasteiger partial charge < -0.3 is 9.64 Å². The summed E-state index contributed by atoms with van der Waals surface area (Å²) in [7, 11) is 3.50. The second kappa shape index (κ2) is 4.41. The number of thiocarbonyl (C=S) groups is 1. The Kier molecular flexibility index (Phi) is 4.13. The van der Waals surface area contributed by atoms with Gasteiger partial charge in [-0.15, -0.1) is 0 Å². The van der Waals surface area contributed by atoms with Crippen LogP contribution >= 0.6 is 12.2 Å². The Labute approximate surface area is 84.2 Å². The molecule has 0 saturated carbocycles. The lowest BCUT2D eigenvalue weighted by atomic mass is 10.2. The summed E-state index contributed by atoms with van der Waals surface area (Å²) in [5, 5.41) is 2.77. The van der Waals surface area contributed by atoms with Crippen LogP contribution < -0.4 is 5.32 Å². The van der Waals surface area contributed by atoms with E-state index in [-0.39, 0.29) is 0 Å². The molecule has 0 atom stereocenters. The van der Waals surface area contributed by atoms with Crippen LogP contribution in [0.3, 0.4) is 0 Å². The summed E-state index contributed by atoms with van der Waals surface area (Å²) in [5.41, 5.74) is -0.494. The fourth-order valence-corrected chi connectivity index (χ4v) is 0.586. The Morgan fingerprint density at radius 3 is 2.15 bits per heavy atom. The molecule has 0 aromatic heterocycles. The average molecular weight is 204 g/mol. The van der Waals surface area contributed by atoms with Gasteiger partial charge in [0.2, 0.25) is 0 Å². The highest BCUT2D eigenvalue weighted by Gasteiger charge is 2.17. The van der Waals surface area contributed by atoms with Crippen LogP contribution in [0.1, 0.15) is 20.8 Å². The van der Waals surface area contributed by atoms with Crippen molar-refractivity contribution in [2.45, 2.75) is 26.4 Å². The molecule has 5 heteroatoms. The number of nitrogens with zero attached hydrogens (tertiary/aromatic N) is 1. The molecule has 0 radical (unpaired) electrons. The van der Waals surface area contributed by atoms with Crippen molar-refractivity contribution < 1.29 is 9.53 Å². The van der Waals surface area contributed by atoms with Gasteiger partial charge in [0.1, 0.15) is 5.60 Å². The zero-order valence-corrected chi connectivity index (χ0v) is 9.49. The maximum atomic E-state index is 11.1. The molecule has 1 amide bonds. The van der Waals surface area contributed by atoms with Crippen LogP contribution in [0.4, 0.5) is 4.79 Å². The van der Waals surface area contributed by atoms with Crippen molar-refractivity contribution in [3.63, 3.8) is 0 Å². The smallest absolute Gasteiger partial charge is 0.413 e. The van der Waals surface area contributed by atoms with Crippen LogP contribution in [0.2, 0.25) is 0 Å². The third-order valence-corrected chi connectivity index (χ3v) is 1.48. The fraction of sp³-hybridized carbons (Fsp3) is 0.750. The molecule has 0 rings (SSSR count). The number of carbonyl (C=O) groups excluding carboxylic acids is 1. The van der Waals surface area contributed by atoms with Crippen molar-refractivity contribution in [2.75, 3.05) is 14.1 Å². The maximum Gasteiger partial charge on any atom is 0.413 e. The number of hydrogen-bond donors (Lipinski definition) is 1. The van der Waals surface area contributed by atoms with Crippen molar-refractivity contribution in [1.82, 2.24) is 10.2 Å². The van der Waals surface area contributed by atoms with Gasteiger partial charge >= 0.3 is 6.09 Å². The first kappa shape index (κ1) is 12.2. The number of nitrogens with one attached hydrogen (secondary N) is 1. The molecule has 13 heavy (non-hydrogen) atoms. The van der Waals surface area contributed by atoms with Gasteiger partial charge in [0.15, 0.2) is 5.11 Å². The molecule has 76 valence electrons. The molecule has 0 saturated heterocycles. The molecular weight excluding hydrogens is 188 g/mol. The summed E-state index contributed by atoms with van der Waals surface area (Å²) < 4.78 is 4.99. The van der Waals surface area contributed by atoms with E-state index >= 15 is 0 Å². The van der Waals surface area contributed by atoms with E-state index in [9.17, 15) is 4.79 Å². The molecule has 0 aromatic rings. The van der Waals surface area contributed by atoms with Crippen molar-refractivity contribution in [2.24, 2.45) is 0 Å². The summed E-state index contributed by atoms with van der Waals surface area (Å²) in [6.45, 7) is 5.39. The maximum absolute atomic E-state index is 11.1. The standard InChI is InChI=1S/C8H16N2O2S/c1-8(2,3)12-7(11)9-6(13)10(4)5/h1-5H3,(H,9,11,13). The van der Waals surface area contributed by atoms with Gasteiger partial charge in [-0.1, -0.05) is 0 Å². The van der Waals surface area contributed by atoms with Crippen molar-refractivity contribution in [3.8, 4) is 0 Å². The molecular formula is C8H16N2O2S. The summed E-state index contributed by atoms with van der Waals surface area (Å²) in [6, 6.07) is 0. The number of ether oxygens (including phenoxy) is 1. The number of hydrogen-bond acceptors (Lipinski definition) is 3. The molecule has 0 aliphatic heterocycles. The van der Waals surface area contributed by atoms with Crippen molar-refractivity contribution in [3.05, 3.63) is 0 Å². The Morgan fingerprint density at radius 2 is 1.85 bits per heavy atom. The topological polar surface area (TPSA) is 41.6 Å². The highest BCUT2D eigenvalue weighted by molar-refractivity contribution is 7.80. The van der Waals surface area contributed by atoms with Gasteiger partial charge in [0, 0.05) is 14.1 Å². The van der Waals surface area contributed by atoms with Gasteiger partial charge in [-0.25, -0.2) is 4.79 Å². The van der Waals surface area contributed by atoms with E-state index in [1.54, 1.807) is 39.8 Å². The molecule has 0 aliphatic carbocycles. The van der Waals surface area contributed by atoms with E-state index in [0.29, 0.717) is 5.11 Å². The van der Waals surface area contributed by atoms with Crippen molar-refractivity contribution >= 4 is 23.4 Å². The molecule has 4 nitrogen and oxygen atoms in total. The Morgan fingerprint density at radius 1 is 1.38 bits per heavy atom. The molecule has 0 fully saturated rings. The second-order valence-corrected chi connectivity index (χ2v) is 4.21. The number of alkyl carbamates (subject to hydrolysis) is 1. The fourth-order valence-electron chi connectivity index (χ4n) is 0.503. The van der Waals surface area contributed by atoms with Crippen LogP contribution in [-0.4, -0.2) is 35.8 Å². The highest BCUT2D eigenvalue weighted by atomic mass is 32.1. The summed E-state index contributed by atoms with van der Waals surface area (Å²) in [5.74, 6) is 0. The normalized spacial score (nSPS) is 10.5. The minimum Gasteiger partial charge on any atom is -0.444 e. The second-order valence-electron chi connectivity index (χ2n) is 3.83. The van der Waals surface area contributed by atoms with Crippen LogP contribution in [-0.2, 0) is 4.74 Å². The van der Waals surface area contributed by atoms with Crippen LogP contribution in [0.15, 0.2) is 0 Å². The molecule has 0 aliphatic rings. The first-order chi connectivity index (χ1) is 5.72. The predicted molar refractivity (Wildman–Crippen MR) is 55.7 cm³/mol. The van der Waals surface area contributed by atoms with Gasteiger partial charge in [0.25, 0.3) is 0 Å². The zero-order valence-electron chi connectivity index (χ0n) is 8.67. The van der Waals surface area contributed by atoms with E-state index in [1.807, 2.05) is 0 Å². The lowest BCUT2D eigenvalue weighted by Crippen LogP contribution is -2.41. The summed E-state index contributed by atoms with van der Waals surface area (Å²) >= 11 is 4.86. The molecule has 0 heterocycles. The van der Waals surface area contributed by atoms with Crippen molar-refractivity contribution in [1.29, 1.82) is 0 Å². The predicted octanol–water partition coefficient (Wildman–Crippen LogP) is 1.36. The van der Waals surface area contributed by atoms with E-state index in [1.165, 1.54) is 0 Å². The first-order valence-corrected chi connectivity index (χ1v) is 4.34. The van der Waals surface area contributed by atoms with Crippen LogP contribution in [0.25, 0.3) is 0 Å². The summed E-state index contributed by atoms with van der Waals surface area (Å²) in [4.78, 5) is 12.8. The number of amides is 1. The Bertz CT molecular complexity index is 209. The molecule has 0 aromatic carbocycles. The van der Waals surface area contributed by atoms with E-state index in [0.717, 1.165) is 0 Å². The lowest BCUT2D eigenvalue weighted by Gasteiger charge is -2.21. The van der Waals surface area contributed by atoms with Gasteiger partial charge in [-0.2, -0.15) is 0 Å². The van der Waals surface area contributed by atoms with Gasteiger partial charge in [0.05, 0.1) is 0 Å².